The summed E-state index contributed by atoms with van der Waals surface area (Å²) in [7, 11) is 3.47. The molecule has 8 nitrogen and oxygen atoms in total. The van der Waals surface area contributed by atoms with Gasteiger partial charge in [0.25, 0.3) is 0 Å². The van der Waals surface area contributed by atoms with Crippen molar-refractivity contribution in [2.45, 2.75) is 96.5 Å². The molecule has 2 fully saturated rings. The van der Waals surface area contributed by atoms with Crippen LogP contribution in [-0.2, 0) is 9.53 Å². The normalized spacial score (nSPS) is 25.4. The number of nitrogens with zero attached hydrogens (tertiary/aromatic N) is 3. The SMILES string of the molecule is CCC(C)NC(=NCC(=O)N(C)C)NC1CC2CCC(C1)N2C(=O)OC(C)(C)C. The number of fused-ring (bicyclic) bond motifs is 2. The van der Waals surface area contributed by atoms with Gasteiger partial charge in [0, 0.05) is 38.3 Å². The maximum atomic E-state index is 12.6. The molecule has 3 unspecified atom stereocenters. The molecule has 2 amide bonds. The quantitative estimate of drug-likeness (QED) is 0.538. The molecule has 0 spiro atoms. The third-order valence-corrected chi connectivity index (χ3v) is 5.54. The second kappa shape index (κ2) is 9.67. The van der Waals surface area contributed by atoms with Crippen LogP contribution in [0.15, 0.2) is 4.99 Å². The first-order valence-corrected chi connectivity index (χ1v) is 10.8. The number of piperidine rings is 1. The van der Waals surface area contributed by atoms with Gasteiger partial charge < -0.3 is 25.2 Å². The smallest absolute Gasteiger partial charge is 0.410 e. The van der Waals surface area contributed by atoms with Gasteiger partial charge >= 0.3 is 6.09 Å². The van der Waals surface area contributed by atoms with Crippen LogP contribution in [0.2, 0.25) is 0 Å². The molecule has 3 atom stereocenters. The lowest BCUT2D eigenvalue weighted by atomic mass is 9.98. The lowest BCUT2D eigenvalue weighted by molar-refractivity contribution is -0.127. The van der Waals surface area contributed by atoms with Crippen LogP contribution >= 0.6 is 0 Å². The zero-order valence-electron chi connectivity index (χ0n) is 19.1. The number of carbonyl (C=O) groups is 2. The van der Waals surface area contributed by atoms with E-state index in [1.54, 1.807) is 19.0 Å². The zero-order valence-corrected chi connectivity index (χ0v) is 19.1. The van der Waals surface area contributed by atoms with Crippen LogP contribution in [0.3, 0.4) is 0 Å². The topological polar surface area (TPSA) is 86.3 Å². The van der Waals surface area contributed by atoms with E-state index in [-0.39, 0.29) is 42.7 Å². The first-order valence-electron chi connectivity index (χ1n) is 10.8. The molecule has 0 radical (unpaired) electrons. The standard InChI is InChI=1S/C21H39N5O3/c1-8-14(2)23-19(22-13-18(27)25(6)7)24-15-11-16-9-10-17(12-15)26(16)20(28)29-21(3,4)5/h14-17H,8-13H2,1-7H3,(H2,22,23,24). The largest absolute Gasteiger partial charge is 0.444 e. The maximum Gasteiger partial charge on any atom is 0.410 e. The first-order chi connectivity index (χ1) is 13.5. The minimum absolute atomic E-state index is 0.0323. The number of rotatable bonds is 5. The van der Waals surface area contributed by atoms with Gasteiger partial charge in [0.05, 0.1) is 0 Å². The van der Waals surface area contributed by atoms with Crippen LogP contribution in [0.5, 0.6) is 0 Å². The van der Waals surface area contributed by atoms with E-state index < -0.39 is 5.60 Å². The number of hydrogen-bond donors (Lipinski definition) is 2. The third kappa shape index (κ3) is 6.78. The van der Waals surface area contributed by atoms with Gasteiger partial charge in [-0.1, -0.05) is 6.92 Å². The number of amides is 2. The molecule has 0 aromatic heterocycles. The molecule has 166 valence electrons. The van der Waals surface area contributed by atoms with Crippen LogP contribution in [0.1, 0.15) is 66.7 Å². The summed E-state index contributed by atoms with van der Waals surface area (Å²) in [5.41, 5.74) is -0.482. The molecule has 0 saturated carbocycles. The van der Waals surface area contributed by atoms with E-state index in [2.05, 4.69) is 29.5 Å². The minimum atomic E-state index is -0.482. The van der Waals surface area contributed by atoms with Gasteiger partial charge in [-0.15, -0.1) is 0 Å². The van der Waals surface area contributed by atoms with Crippen molar-refractivity contribution in [2.75, 3.05) is 20.6 Å². The van der Waals surface area contributed by atoms with Crippen molar-refractivity contribution in [3.63, 3.8) is 0 Å². The Hall–Kier alpha value is -1.99. The number of ether oxygens (including phenoxy) is 1. The summed E-state index contributed by atoms with van der Waals surface area (Å²) in [6.45, 7) is 10.0. The van der Waals surface area contributed by atoms with Gasteiger partial charge in [0.2, 0.25) is 5.91 Å². The van der Waals surface area contributed by atoms with E-state index in [1.165, 1.54) is 0 Å². The number of carbonyl (C=O) groups excluding carboxylic acids is 2. The molecular formula is C21H39N5O3. The summed E-state index contributed by atoms with van der Waals surface area (Å²) < 4.78 is 5.62. The molecule has 0 aliphatic carbocycles. The lowest BCUT2D eigenvalue weighted by Crippen LogP contribution is -2.55. The van der Waals surface area contributed by atoms with Crippen LogP contribution in [0.25, 0.3) is 0 Å². The highest BCUT2D eigenvalue weighted by Crippen LogP contribution is 2.36. The van der Waals surface area contributed by atoms with Crippen molar-refractivity contribution in [3.05, 3.63) is 0 Å². The molecule has 2 bridgehead atoms. The Balaban J connectivity index is 2.02. The Morgan fingerprint density at radius 2 is 1.79 bits per heavy atom. The highest BCUT2D eigenvalue weighted by Gasteiger charge is 2.45. The lowest BCUT2D eigenvalue weighted by Gasteiger charge is -2.40. The van der Waals surface area contributed by atoms with Gasteiger partial charge in [-0.3, -0.25) is 4.79 Å². The fourth-order valence-electron chi connectivity index (χ4n) is 3.86. The Labute approximate surface area is 175 Å². The number of guanidine groups is 1. The van der Waals surface area contributed by atoms with E-state index in [0.717, 1.165) is 32.1 Å². The third-order valence-electron chi connectivity index (χ3n) is 5.54. The molecule has 2 heterocycles. The molecule has 0 aromatic rings. The number of likely N-dealkylation sites (N-methyl/N-ethyl adjacent to an activating group) is 1. The van der Waals surface area contributed by atoms with Crippen molar-refractivity contribution >= 4 is 18.0 Å². The molecule has 8 heteroatoms. The van der Waals surface area contributed by atoms with Crippen molar-refractivity contribution in [3.8, 4) is 0 Å². The van der Waals surface area contributed by atoms with Crippen molar-refractivity contribution in [1.29, 1.82) is 0 Å². The highest BCUT2D eigenvalue weighted by atomic mass is 16.6. The molecule has 2 N–H and O–H groups in total. The summed E-state index contributed by atoms with van der Waals surface area (Å²) in [6.07, 6.45) is 4.49. The van der Waals surface area contributed by atoms with Crippen molar-refractivity contribution in [1.82, 2.24) is 20.4 Å². The Morgan fingerprint density at radius 3 is 2.28 bits per heavy atom. The van der Waals surface area contributed by atoms with Gasteiger partial charge in [-0.25, -0.2) is 9.79 Å². The number of nitrogens with one attached hydrogen (secondary N) is 2. The van der Waals surface area contributed by atoms with Gasteiger partial charge in [-0.05, 0) is 59.8 Å². The monoisotopic (exact) mass is 409 g/mol. The predicted molar refractivity (Wildman–Crippen MR) is 115 cm³/mol. The summed E-state index contributed by atoms with van der Waals surface area (Å²) in [6, 6.07) is 0.856. The predicted octanol–water partition coefficient (Wildman–Crippen LogP) is 2.34. The van der Waals surface area contributed by atoms with Crippen LogP contribution < -0.4 is 10.6 Å². The van der Waals surface area contributed by atoms with E-state index in [9.17, 15) is 9.59 Å². The average Bonchev–Trinajstić information content (AvgIpc) is 2.88. The maximum absolute atomic E-state index is 12.6. The van der Waals surface area contributed by atoms with Crippen molar-refractivity contribution in [2.24, 2.45) is 4.99 Å². The van der Waals surface area contributed by atoms with Gasteiger partial charge in [0.1, 0.15) is 12.1 Å². The van der Waals surface area contributed by atoms with Crippen LogP contribution in [0.4, 0.5) is 4.79 Å². The summed E-state index contributed by atoms with van der Waals surface area (Å²) >= 11 is 0. The number of aliphatic imine (C=N–C) groups is 1. The van der Waals surface area contributed by atoms with Gasteiger partial charge in [-0.2, -0.15) is 0 Å². The number of hydrogen-bond acceptors (Lipinski definition) is 4. The molecule has 0 aromatic carbocycles. The van der Waals surface area contributed by atoms with E-state index in [0.29, 0.717) is 5.96 Å². The van der Waals surface area contributed by atoms with E-state index in [1.807, 2.05) is 25.7 Å². The molecule has 2 saturated heterocycles. The second-order valence-corrected chi connectivity index (χ2v) is 9.49. The zero-order chi connectivity index (χ0) is 21.8. The Kier molecular flexibility index (Phi) is 7.77. The minimum Gasteiger partial charge on any atom is -0.444 e. The molecule has 2 rings (SSSR count). The fourth-order valence-corrected chi connectivity index (χ4v) is 3.86. The van der Waals surface area contributed by atoms with Crippen LogP contribution in [-0.4, -0.2) is 78.2 Å². The molecule has 2 aliphatic heterocycles. The highest BCUT2D eigenvalue weighted by molar-refractivity contribution is 5.85. The summed E-state index contributed by atoms with van der Waals surface area (Å²) in [4.78, 5) is 32.6. The Bertz CT molecular complexity index is 600. The van der Waals surface area contributed by atoms with Crippen LogP contribution in [0, 0.1) is 0 Å². The average molecular weight is 410 g/mol. The first kappa shape index (κ1) is 23.3. The van der Waals surface area contributed by atoms with Gasteiger partial charge in [0.15, 0.2) is 5.96 Å². The van der Waals surface area contributed by atoms with E-state index in [4.69, 9.17) is 4.74 Å². The molecule has 29 heavy (non-hydrogen) atoms. The van der Waals surface area contributed by atoms with Crippen molar-refractivity contribution < 1.29 is 14.3 Å². The molecular weight excluding hydrogens is 370 g/mol. The van der Waals surface area contributed by atoms with E-state index >= 15 is 0 Å². The second-order valence-electron chi connectivity index (χ2n) is 9.49. The molecule has 2 aliphatic rings. The summed E-state index contributed by atoms with van der Waals surface area (Å²) in [5.74, 6) is 0.639. The fraction of sp³-hybridized carbons (Fsp3) is 0.857. The summed E-state index contributed by atoms with van der Waals surface area (Å²) in [5, 5.41) is 6.90. The Morgan fingerprint density at radius 1 is 1.21 bits per heavy atom.